The van der Waals surface area contributed by atoms with Gasteiger partial charge in [-0.1, -0.05) is 74.7 Å². The van der Waals surface area contributed by atoms with Gasteiger partial charge in [0.05, 0.1) is 12.6 Å². The van der Waals surface area contributed by atoms with Crippen molar-refractivity contribution in [1.82, 2.24) is 20.9 Å². The van der Waals surface area contributed by atoms with Crippen LogP contribution in [0.1, 0.15) is 93.9 Å². The number of carbonyl (C=O) groups is 6. The Morgan fingerprint density at radius 1 is 0.857 bits per heavy atom. The number of ether oxygens (including phenoxy) is 1. The molecule has 4 atom stereocenters. The lowest BCUT2D eigenvalue weighted by Gasteiger charge is -2.37. The third-order valence-electron chi connectivity index (χ3n) is 7.83. The highest BCUT2D eigenvalue weighted by molar-refractivity contribution is 6.37. The van der Waals surface area contributed by atoms with E-state index in [1.165, 1.54) is 4.90 Å². The minimum atomic E-state index is -1.11. The second-order valence-electron chi connectivity index (χ2n) is 14.3. The molecule has 2 fully saturated rings. The van der Waals surface area contributed by atoms with E-state index in [4.69, 9.17) is 10.5 Å². The Balaban J connectivity index is 2.18. The number of nitrogens with two attached hydrogens (primary N) is 1. The van der Waals surface area contributed by atoms with Crippen LogP contribution in [0.5, 0.6) is 0 Å². The van der Waals surface area contributed by atoms with Gasteiger partial charge in [-0.15, -0.1) is 0 Å². The number of likely N-dealkylation sites (tertiary alicyclic amines) is 1. The maximum atomic E-state index is 13.9. The molecule has 12 nitrogen and oxygen atoms in total. The van der Waals surface area contributed by atoms with Gasteiger partial charge in [0.2, 0.25) is 17.6 Å². The standard InChI is InChI=1S/C30H51N5O7/c1-17(2)16-42-27(40)23(30(6,7)8)34-28(41)33-22(29(3,4)5)26(39)35-14-10-13-20(35)25(38)32-19(21(36)24(31)37)15-18-11-9-12-18/h17-20,22-23H,9-16H2,1-8H3,(H2,31,37)(H,32,38)(H2,33,34,41). The summed E-state index contributed by atoms with van der Waals surface area (Å²) in [4.78, 5) is 78.7. The first-order chi connectivity index (χ1) is 19.3. The predicted molar refractivity (Wildman–Crippen MR) is 157 cm³/mol. The van der Waals surface area contributed by atoms with E-state index in [2.05, 4.69) is 16.0 Å². The molecule has 0 aromatic carbocycles. The average Bonchev–Trinajstić information content (AvgIpc) is 3.33. The molecule has 1 aliphatic carbocycles. The Morgan fingerprint density at radius 3 is 1.90 bits per heavy atom. The highest BCUT2D eigenvalue weighted by Gasteiger charge is 2.44. The molecule has 42 heavy (non-hydrogen) atoms. The fraction of sp³-hybridized carbons (Fsp3) is 0.800. The van der Waals surface area contributed by atoms with Crippen LogP contribution in [-0.4, -0.2) is 77.7 Å². The number of urea groups is 1. The van der Waals surface area contributed by atoms with Crippen molar-refractivity contribution in [2.75, 3.05) is 13.2 Å². The van der Waals surface area contributed by atoms with E-state index in [-0.39, 0.29) is 25.0 Å². The van der Waals surface area contributed by atoms with E-state index in [0.717, 1.165) is 19.3 Å². The van der Waals surface area contributed by atoms with Crippen LogP contribution in [0.3, 0.4) is 0 Å². The van der Waals surface area contributed by atoms with E-state index in [0.29, 0.717) is 19.3 Å². The van der Waals surface area contributed by atoms with Crippen LogP contribution in [0.15, 0.2) is 0 Å². The Kier molecular flexibility index (Phi) is 11.9. The third kappa shape index (κ3) is 9.69. The van der Waals surface area contributed by atoms with E-state index < -0.39 is 70.5 Å². The Bertz CT molecular complexity index is 1030. The van der Waals surface area contributed by atoms with Crippen molar-refractivity contribution < 1.29 is 33.5 Å². The van der Waals surface area contributed by atoms with Gasteiger partial charge in [0.25, 0.3) is 5.91 Å². The highest BCUT2D eigenvalue weighted by Crippen LogP contribution is 2.31. The van der Waals surface area contributed by atoms with Gasteiger partial charge in [-0.05, 0) is 41.9 Å². The van der Waals surface area contributed by atoms with Crippen LogP contribution in [0, 0.1) is 22.7 Å². The van der Waals surface area contributed by atoms with Crippen molar-refractivity contribution in [3.63, 3.8) is 0 Å². The summed E-state index contributed by atoms with van der Waals surface area (Å²) in [7, 11) is 0. The summed E-state index contributed by atoms with van der Waals surface area (Å²) in [6.07, 6.45) is 4.12. The molecule has 5 N–H and O–H groups in total. The van der Waals surface area contributed by atoms with Gasteiger partial charge in [0.1, 0.15) is 18.1 Å². The lowest BCUT2D eigenvalue weighted by atomic mass is 9.80. The molecule has 0 spiro atoms. The number of primary amides is 1. The van der Waals surface area contributed by atoms with Crippen molar-refractivity contribution in [3.05, 3.63) is 0 Å². The van der Waals surface area contributed by atoms with Crippen molar-refractivity contribution in [1.29, 1.82) is 0 Å². The maximum absolute atomic E-state index is 13.9. The van der Waals surface area contributed by atoms with Crippen LogP contribution in [0.25, 0.3) is 0 Å². The Labute approximate surface area is 249 Å². The summed E-state index contributed by atoms with van der Waals surface area (Å²) in [6.45, 7) is 15.1. The van der Waals surface area contributed by atoms with Crippen molar-refractivity contribution in [3.8, 4) is 0 Å². The number of ketones is 1. The van der Waals surface area contributed by atoms with Crippen LogP contribution in [-0.2, 0) is 28.7 Å². The molecule has 0 aromatic rings. The molecular weight excluding hydrogens is 542 g/mol. The Morgan fingerprint density at radius 2 is 1.43 bits per heavy atom. The van der Waals surface area contributed by atoms with Gasteiger partial charge in [-0.3, -0.25) is 19.2 Å². The zero-order valence-electron chi connectivity index (χ0n) is 26.5. The monoisotopic (exact) mass is 593 g/mol. The van der Waals surface area contributed by atoms with E-state index in [9.17, 15) is 28.8 Å². The summed E-state index contributed by atoms with van der Waals surface area (Å²) in [5.41, 5.74) is 3.83. The zero-order chi connectivity index (χ0) is 32.0. The normalized spacial score (nSPS) is 19.7. The van der Waals surface area contributed by atoms with Gasteiger partial charge in [-0.2, -0.15) is 0 Å². The van der Waals surface area contributed by atoms with Crippen molar-refractivity contribution in [2.45, 2.75) is 118 Å². The van der Waals surface area contributed by atoms with Crippen LogP contribution in [0.2, 0.25) is 0 Å². The lowest BCUT2D eigenvalue weighted by molar-refractivity contribution is -0.149. The van der Waals surface area contributed by atoms with Gasteiger partial charge < -0.3 is 31.3 Å². The van der Waals surface area contributed by atoms with E-state index in [1.54, 1.807) is 41.5 Å². The quantitative estimate of drug-likeness (QED) is 0.198. The summed E-state index contributed by atoms with van der Waals surface area (Å²) < 4.78 is 5.38. The molecule has 2 aliphatic rings. The fourth-order valence-electron chi connectivity index (χ4n) is 5.12. The minimum absolute atomic E-state index is 0.124. The summed E-state index contributed by atoms with van der Waals surface area (Å²) in [5.74, 6) is -3.16. The minimum Gasteiger partial charge on any atom is -0.464 e. The molecule has 1 saturated heterocycles. The molecule has 0 aromatic heterocycles. The number of carbonyl (C=O) groups excluding carboxylic acids is 6. The van der Waals surface area contributed by atoms with Gasteiger partial charge in [0, 0.05) is 6.54 Å². The van der Waals surface area contributed by atoms with Gasteiger partial charge in [0.15, 0.2) is 0 Å². The van der Waals surface area contributed by atoms with Gasteiger partial charge >= 0.3 is 12.0 Å². The van der Waals surface area contributed by atoms with Crippen molar-refractivity contribution >= 4 is 35.5 Å². The molecule has 238 valence electrons. The van der Waals surface area contributed by atoms with E-state index in [1.807, 2.05) is 13.8 Å². The number of Topliss-reactive ketones (excluding diaryl/α,β-unsaturated/α-hetero) is 1. The summed E-state index contributed by atoms with van der Waals surface area (Å²) >= 11 is 0. The lowest BCUT2D eigenvalue weighted by Crippen LogP contribution is -2.62. The largest absolute Gasteiger partial charge is 0.464 e. The summed E-state index contributed by atoms with van der Waals surface area (Å²) in [5, 5.41) is 8.10. The number of nitrogens with one attached hydrogen (secondary N) is 3. The molecule has 4 unspecified atom stereocenters. The topological polar surface area (TPSA) is 177 Å². The first kappa shape index (κ1) is 35.0. The number of hydrogen-bond donors (Lipinski definition) is 4. The fourth-order valence-corrected chi connectivity index (χ4v) is 5.12. The number of esters is 1. The smallest absolute Gasteiger partial charge is 0.329 e. The highest BCUT2D eigenvalue weighted by atomic mass is 16.5. The maximum Gasteiger partial charge on any atom is 0.329 e. The molecule has 1 heterocycles. The molecular formula is C30H51N5O7. The molecule has 1 aliphatic heterocycles. The molecule has 0 radical (unpaired) electrons. The SMILES string of the molecule is CC(C)COC(=O)C(NC(=O)NC(C(=O)N1CCCC1C(=O)NC(CC1CCC1)C(=O)C(N)=O)C(C)(C)C)C(C)(C)C. The molecule has 2 rings (SSSR count). The second-order valence-corrected chi connectivity index (χ2v) is 14.3. The number of hydrogen-bond acceptors (Lipinski definition) is 7. The van der Waals surface area contributed by atoms with Gasteiger partial charge in [-0.25, -0.2) is 9.59 Å². The number of rotatable bonds is 12. The first-order valence-electron chi connectivity index (χ1n) is 15.0. The number of amides is 5. The van der Waals surface area contributed by atoms with Crippen LogP contribution >= 0.6 is 0 Å². The second kappa shape index (κ2) is 14.3. The van der Waals surface area contributed by atoms with Crippen LogP contribution < -0.4 is 21.7 Å². The Hall–Kier alpha value is -3.18. The van der Waals surface area contributed by atoms with E-state index >= 15 is 0 Å². The van der Waals surface area contributed by atoms with Crippen LogP contribution in [0.4, 0.5) is 4.79 Å². The predicted octanol–water partition coefficient (Wildman–Crippen LogP) is 2.03. The third-order valence-corrected chi connectivity index (χ3v) is 7.83. The number of nitrogens with zero attached hydrogens (tertiary/aromatic N) is 1. The molecule has 5 amide bonds. The molecule has 1 saturated carbocycles. The zero-order valence-corrected chi connectivity index (χ0v) is 26.5. The summed E-state index contributed by atoms with van der Waals surface area (Å²) in [6, 6.07) is -4.61. The average molecular weight is 594 g/mol. The molecule has 0 bridgehead atoms. The first-order valence-corrected chi connectivity index (χ1v) is 15.0. The van der Waals surface area contributed by atoms with Crippen molar-refractivity contribution in [2.24, 2.45) is 28.4 Å². The molecule has 12 heteroatoms.